The number of anilines is 1. The standard InChI is InChI=1S/C12H10FN3O3/c1-7-4-11(9(13)6-10(7)16(17)18)19-12-5-8(14)2-3-15-12/h2-6H,1H3,(H2,14,15). The Kier molecular flexibility index (Phi) is 3.28. The van der Waals surface area contributed by atoms with E-state index in [1.54, 1.807) is 6.07 Å². The Balaban J connectivity index is 2.36. The van der Waals surface area contributed by atoms with Gasteiger partial charge < -0.3 is 10.5 Å². The largest absolute Gasteiger partial charge is 0.436 e. The Morgan fingerprint density at radius 3 is 2.79 bits per heavy atom. The molecular weight excluding hydrogens is 253 g/mol. The lowest BCUT2D eigenvalue weighted by molar-refractivity contribution is -0.385. The molecule has 0 fully saturated rings. The molecule has 0 atom stereocenters. The lowest BCUT2D eigenvalue weighted by atomic mass is 10.2. The van der Waals surface area contributed by atoms with Crippen LogP contribution in [0.2, 0.25) is 0 Å². The number of ether oxygens (including phenoxy) is 1. The van der Waals surface area contributed by atoms with E-state index in [9.17, 15) is 14.5 Å². The highest BCUT2D eigenvalue weighted by Gasteiger charge is 2.17. The molecule has 1 aromatic carbocycles. The van der Waals surface area contributed by atoms with E-state index < -0.39 is 10.7 Å². The summed E-state index contributed by atoms with van der Waals surface area (Å²) in [6, 6.07) is 5.05. The predicted molar refractivity (Wildman–Crippen MR) is 66.5 cm³/mol. The van der Waals surface area contributed by atoms with Crippen LogP contribution in [0.25, 0.3) is 0 Å². The number of nitrogen functional groups attached to an aromatic ring is 1. The van der Waals surface area contributed by atoms with Crippen molar-refractivity contribution in [2.75, 3.05) is 5.73 Å². The molecule has 7 heteroatoms. The van der Waals surface area contributed by atoms with Crippen LogP contribution >= 0.6 is 0 Å². The number of nitro groups is 1. The third-order valence-corrected chi connectivity index (χ3v) is 2.42. The average Bonchev–Trinajstić information content (AvgIpc) is 2.33. The summed E-state index contributed by atoms with van der Waals surface area (Å²) in [6.07, 6.45) is 1.42. The zero-order chi connectivity index (χ0) is 14.0. The fourth-order valence-electron chi connectivity index (χ4n) is 1.51. The van der Waals surface area contributed by atoms with Crippen molar-refractivity contribution in [2.24, 2.45) is 0 Å². The second kappa shape index (κ2) is 4.89. The summed E-state index contributed by atoms with van der Waals surface area (Å²) in [5.74, 6) is -0.852. The molecule has 6 nitrogen and oxygen atoms in total. The number of halogens is 1. The average molecular weight is 263 g/mol. The van der Waals surface area contributed by atoms with Gasteiger partial charge in [0, 0.05) is 23.5 Å². The topological polar surface area (TPSA) is 91.3 Å². The van der Waals surface area contributed by atoms with E-state index in [0.717, 1.165) is 6.07 Å². The lowest BCUT2D eigenvalue weighted by Crippen LogP contribution is -1.97. The number of nitrogens with two attached hydrogens (primary N) is 1. The normalized spacial score (nSPS) is 10.2. The van der Waals surface area contributed by atoms with Crippen LogP contribution in [-0.2, 0) is 0 Å². The van der Waals surface area contributed by atoms with E-state index in [4.69, 9.17) is 10.5 Å². The van der Waals surface area contributed by atoms with Crippen LogP contribution in [0.5, 0.6) is 11.6 Å². The van der Waals surface area contributed by atoms with Gasteiger partial charge in [0.05, 0.1) is 11.0 Å². The number of hydrogen-bond acceptors (Lipinski definition) is 5. The second-order valence-electron chi connectivity index (χ2n) is 3.86. The fourth-order valence-corrected chi connectivity index (χ4v) is 1.51. The molecule has 1 heterocycles. The molecule has 0 aliphatic carbocycles. The smallest absolute Gasteiger partial charge is 0.275 e. The van der Waals surface area contributed by atoms with Gasteiger partial charge in [-0.15, -0.1) is 0 Å². The van der Waals surface area contributed by atoms with Crippen LogP contribution in [0.3, 0.4) is 0 Å². The first kappa shape index (κ1) is 12.7. The van der Waals surface area contributed by atoms with Crippen molar-refractivity contribution in [3.05, 3.63) is 52.0 Å². The number of hydrogen-bond donors (Lipinski definition) is 1. The predicted octanol–water partition coefficient (Wildman–Crippen LogP) is 2.81. The first-order valence-electron chi connectivity index (χ1n) is 5.31. The number of rotatable bonds is 3. The molecule has 0 aliphatic heterocycles. The highest BCUT2D eigenvalue weighted by molar-refractivity contribution is 5.47. The van der Waals surface area contributed by atoms with Gasteiger partial charge in [-0.3, -0.25) is 10.1 Å². The quantitative estimate of drug-likeness (QED) is 0.679. The van der Waals surface area contributed by atoms with Crippen molar-refractivity contribution >= 4 is 11.4 Å². The number of aromatic nitrogens is 1. The van der Waals surface area contributed by atoms with Crippen molar-refractivity contribution < 1.29 is 14.1 Å². The van der Waals surface area contributed by atoms with E-state index in [0.29, 0.717) is 11.3 Å². The Morgan fingerprint density at radius 2 is 2.16 bits per heavy atom. The molecule has 0 spiro atoms. The molecule has 2 aromatic rings. The molecule has 0 saturated carbocycles. The molecule has 0 aliphatic rings. The highest BCUT2D eigenvalue weighted by atomic mass is 19.1. The summed E-state index contributed by atoms with van der Waals surface area (Å²) in [6.45, 7) is 1.50. The van der Waals surface area contributed by atoms with Crippen molar-refractivity contribution in [1.29, 1.82) is 0 Å². The van der Waals surface area contributed by atoms with Crippen LogP contribution in [-0.4, -0.2) is 9.91 Å². The van der Waals surface area contributed by atoms with Gasteiger partial charge in [-0.2, -0.15) is 0 Å². The van der Waals surface area contributed by atoms with E-state index in [1.807, 2.05) is 0 Å². The van der Waals surface area contributed by atoms with E-state index in [-0.39, 0.29) is 17.3 Å². The molecule has 2 rings (SSSR count). The van der Waals surface area contributed by atoms with Crippen molar-refractivity contribution in [3.8, 4) is 11.6 Å². The molecule has 2 N–H and O–H groups in total. The van der Waals surface area contributed by atoms with Gasteiger partial charge in [0.2, 0.25) is 5.88 Å². The van der Waals surface area contributed by atoms with Crippen molar-refractivity contribution in [1.82, 2.24) is 4.98 Å². The first-order valence-corrected chi connectivity index (χ1v) is 5.31. The monoisotopic (exact) mass is 263 g/mol. The van der Waals surface area contributed by atoms with E-state index in [2.05, 4.69) is 4.98 Å². The molecule has 98 valence electrons. The molecule has 1 aromatic heterocycles. The first-order chi connectivity index (χ1) is 8.97. The summed E-state index contributed by atoms with van der Waals surface area (Å²) in [7, 11) is 0. The molecule has 0 saturated heterocycles. The number of pyridine rings is 1. The molecular formula is C12H10FN3O3. The van der Waals surface area contributed by atoms with Crippen LogP contribution in [0.4, 0.5) is 15.8 Å². The van der Waals surface area contributed by atoms with Crippen molar-refractivity contribution in [2.45, 2.75) is 6.92 Å². The lowest BCUT2D eigenvalue weighted by Gasteiger charge is -2.07. The molecule has 19 heavy (non-hydrogen) atoms. The summed E-state index contributed by atoms with van der Waals surface area (Å²) >= 11 is 0. The zero-order valence-corrected chi connectivity index (χ0v) is 9.96. The Bertz CT molecular complexity index is 646. The summed E-state index contributed by atoms with van der Waals surface area (Å²) < 4.78 is 18.9. The minimum Gasteiger partial charge on any atom is -0.436 e. The van der Waals surface area contributed by atoms with Crippen molar-refractivity contribution in [3.63, 3.8) is 0 Å². The third-order valence-electron chi connectivity index (χ3n) is 2.42. The van der Waals surface area contributed by atoms with Crippen LogP contribution < -0.4 is 10.5 Å². The number of nitrogens with zero attached hydrogens (tertiary/aromatic N) is 2. The van der Waals surface area contributed by atoms with Crippen LogP contribution in [0, 0.1) is 22.9 Å². The van der Waals surface area contributed by atoms with Crippen LogP contribution in [0.15, 0.2) is 30.5 Å². The van der Waals surface area contributed by atoms with E-state index in [1.165, 1.54) is 25.3 Å². The summed E-state index contributed by atoms with van der Waals surface area (Å²) in [5.41, 5.74) is 5.96. The minimum atomic E-state index is -0.832. The fraction of sp³-hybridized carbons (Fsp3) is 0.0833. The maximum Gasteiger partial charge on any atom is 0.275 e. The van der Waals surface area contributed by atoms with Gasteiger partial charge in [0.25, 0.3) is 5.69 Å². The highest BCUT2D eigenvalue weighted by Crippen LogP contribution is 2.30. The Hall–Kier alpha value is -2.70. The van der Waals surface area contributed by atoms with Gasteiger partial charge in [-0.1, -0.05) is 0 Å². The third kappa shape index (κ3) is 2.76. The van der Waals surface area contributed by atoms with E-state index >= 15 is 0 Å². The second-order valence-corrected chi connectivity index (χ2v) is 3.86. The van der Waals surface area contributed by atoms with Gasteiger partial charge in [0.1, 0.15) is 0 Å². The van der Waals surface area contributed by atoms with Gasteiger partial charge in [-0.05, 0) is 19.1 Å². The number of aryl methyl sites for hydroxylation is 1. The summed E-state index contributed by atoms with van der Waals surface area (Å²) in [4.78, 5) is 13.9. The Morgan fingerprint density at radius 1 is 1.42 bits per heavy atom. The van der Waals surface area contributed by atoms with Gasteiger partial charge in [0.15, 0.2) is 11.6 Å². The number of nitro benzene ring substituents is 1. The molecule has 0 radical (unpaired) electrons. The van der Waals surface area contributed by atoms with Gasteiger partial charge in [-0.25, -0.2) is 9.37 Å². The maximum absolute atomic E-state index is 13.7. The summed E-state index contributed by atoms with van der Waals surface area (Å²) in [5, 5.41) is 10.7. The minimum absolute atomic E-state index is 0.118. The maximum atomic E-state index is 13.7. The van der Waals surface area contributed by atoms with Crippen LogP contribution in [0.1, 0.15) is 5.56 Å². The van der Waals surface area contributed by atoms with Gasteiger partial charge >= 0.3 is 0 Å². The SMILES string of the molecule is Cc1cc(Oc2cc(N)ccn2)c(F)cc1[N+](=O)[O-]. The molecule has 0 unspecified atom stereocenters. The molecule has 0 amide bonds. The Labute approximate surface area is 107 Å². The number of benzene rings is 1. The zero-order valence-electron chi connectivity index (χ0n) is 9.96. The molecule has 0 bridgehead atoms.